The molecule has 6 rings (SSSR count). The van der Waals surface area contributed by atoms with E-state index in [4.69, 9.17) is 14.2 Å². The Morgan fingerprint density at radius 1 is 0.972 bits per heavy atom. The summed E-state index contributed by atoms with van der Waals surface area (Å²) < 4.78 is 18.1. The summed E-state index contributed by atoms with van der Waals surface area (Å²) >= 11 is 0. The van der Waals surface area contributed by atoms with E-state index in [1.807, 2.05) is 35.2 Å². The normalized spacial score (nSPS) is 19.4. The van der Waals surface area contributed by atoms with Gasteiger partial charge in [0, 0.05) is 42.9 Å². The van der Waals surface area contributed by atoms with Crippen molar-refractivity contribution in [2.75, 3.05) is 31.8 Å². The van der Waals surface area contributed by atoms with Crippen LogP contribution in [0.5, 0.6) is 17.2 Å². The van der Waals surface area contributed by atoms with Gasteiger partial charge >= 0.3 is 0 Å². The Morgan fingerprint density at radius 3 is 2.67 bits per heavy atom. The van der Waals surface area contributed by atoms with Crippen LogP contribution in [0.25, 0.3) is 0 Å². The Labute approximate surface area is 207 Å². The lowest BCUT2D eigenvalue weighted by atomic mass is 9.82. The zero-order valence-electron chi connectivity index (χ0n) is 19.5. The molecular formula is C27H25N3O6. The Hall–Kier alpha value is -4.27. The molecule has 1 N–H and O–H groups in total. The number of para-hydroxylation sites is 1. The zero-order valence-corrected chi connectivity index (χ0v) is 19.5. The van der Waals surface area contributed by atoms with Crippen molar-refractivity contribution in [2.24, 2.45) is 5.92 Å². The van der Waals surface area contributed by atoms with Crippen LogP contribution in [0, 0.1) is 5.92 Å². The van der Waals surface area contributed by atoms with Crippen LogP contribution < -0.4 is 25.1 Å². The molecule has 0 saturated carbocycles. The largest absolute Gasteiger partial charge is 0.484 e. The predicted molar refractivity (Wildman–Crippen MR) is 131 cm³/mol. The SMILES string of the molecule is O=C(Nc1ccc(=O)n2c1C1CC(CN(C(=O)COc3ccccc3)C1)C2)c1ccc2c(c1)OCO2. The number of amides is 2. The molecule has 2 unspecified atom stereocenters. The molecule has 3 aromatic rings. The van der Waals surface area contributed by atoms with E-state index < -0.39 is 0 Å². The minimum atomic E-state index is -0.308. The number of likely N-dealkylation sites (tertiary alicyclic amines) is 1. The Morgan fingerprint density at radius 2 is 1.81 bits per heavy atom. The van der Waals surface area contributed by atoms with E-state index in [0.29, 0.717) is 48.1 Å². The molecular weight excluding hydrogens is 462 g/mol. The van der Waals surface area contributed by atoms with Crippen LogP contribution in [0.4, 0.5) is 5.69 Å². The van der Waals surface area contributed by atoms with Crippen LogP contribution in [0.1, 0.15) is 28.4 Å². The van der Waals surface area contributed by atoms with E-state index >= 15 is 0 Å². The predicted octanol–water partition coefficient (Wildman–Crippen LogP) is 2.85. The van der Waals surface area contributed by atoms with Gasteiger partial charge in [-0.3, -0.25) is 14.4 Å². The maximum Gasteiger partial charge on any atom is 0.260 e. The second-order valence-corrected chi connectivity index (χ2v) is 9.30. The molecule has 184 valence electrons. The second-order valence-electron chi connectivity index (χ2n) is 9.30. The van der Waals surface area contributed by atoms with E-state index in [1.54, 1.807) is 28.8 Å². The second kappa shape index (κ2) is 9.07. The molecule has 0 spiro atoms. The number of hydrogen-bond acceptors (Lipinski definition) is 6. The number of fused-ring (bicyclic) bond motifs is 5. The zero-order chi connectivity index (χ0) is 24.6. The van der Waals surface area contributed by atoms with Crippen LogP contribution in [-0.4, -0.2) is 47.8 Å². The molecule has 3 aliphatic rings. The van der Waals surface area contributed by atoms with Gasteiger partial charge in [0.25, 0.3) is 17.4 Å². The Kier molecular flexibility index (Phi) is 5.59. The number of rotatable bonds is 5. The molecule has 36 heavy (non-hydrogen) atoms. The first-order valence-electron chi connectivity index (χ1n) is 12.0. The summed E-state index contributed by atoms with van der Waals surface area (Å²) in [6, 6.07) is 17.4. The van der Waals surface area contributed by atoms with Gasteiger partial charge in [-0.05, 0) is 48.7 Å². The highest BCUT2D eigenvalue weighted by Crippen LogP contribution is 2.39. The van der Waals surface area contributed by atoms with E-state index in [1.165, 1.54) is 6.07 Å². The number of piperidine rings is 1. The third-order valence-electron chi connectivity index (χ3n) is 6.93. The van der Waals surface area contributed by atoms with E-state index in [-0.39, 0.29) is 42.6 Å². The molecule has 0 radical (unpaired) electrons. The third-order valence-corrected chi connectivity index (χ3v) is 6.93. The lowest BCUT2D eigenvalue weighted by Crippen LogP contribution is -2.50. The van der Waals surface area contributed by atoms with Crippen molar-refractivity contribution >= 4 is 17.5 Å². The van der Waals surface area contributed by atoms with Crippen molar-refractivity contribution in [3.05, 3.63) is 82.3 Å². The van der Waals surface area contributed by atoms with Crippen molar-refractivity contribution in [1.82, 2.24) is 9.47 Å². The molecule has 2 atom stereocenters. The highest BCUT2D eigenvalue weighted by atomic mass is 16.7. The summed E-state index contributed by atoms with van der Waals surface area (Å²) in [5.41, 5.74) is 1.66. The summed E-state index contributed by atoms with van der Waals surface area (Å²) in [6.07, 6.45) is 0.847. The number of carbonyl (C=O) groups excluding carboxylic acids is 2. The number of ether oxygens (including phenoxy) is 3. The molecule has 9 heteroatoms. The monoisotopic (exact) mass is 487 g/mol. The molecule has 2 bridgehead atoms. The minimum Gasteiger partial charge on any atom is -0.484 e. The van der Waals surface area contributed by atoms with Crippen LogP contribution in [0.2, 0.25) is 0 Å². The highest BCUT2D eigenvalue weighted by Gasteiger charge is 2.38. The summed E-state index contributed by atoms with van der Waals surface area (Å²) in [7, 11) is 0. The summed E-state index contributed by atoms with van der Waals surface area (Å²) in [5, 5.41) is 2.98. The topological polar surface area (TPSA) is 99.1 Å². The summed E-state index contributed by atoms with van der Waals surface area (Å²) in [5.74, 6) is 1.46. The fourth-order valence-electron chi connectivity index (χ4n) is 5.31. The standard InChI is InChI=1S/C27H25N3O6/c31-24-9-7-21(28-27(33)18-6-8-22-23(11-18)36-16-35-22)26-19-10-17(13-30(24)26)12-29(14-19)25(32)15-34-20-4-2-1-3-5-20/h1-9,11,17,19H,10,12-16H2,(H,28,33). The molecule has 1 fully saturated rings. The molecule has 1 aromatic heterocycles. The first-order valence-corrected chi connectivity index (χ1v) is 12.0. The van der Waals surface area contributed by atoms with Gasteiger partial charge in [-0.25, -0.2) is 0 Å². The van der Waals surface area contributed by atoms with Gasteiger partial charge in [-0.1, -0.05) is 18.2 Å². The number of hydrogen-bond donors (Lipinski definition) is 1. The summed E-state index contributed by atoms with van der Waals surface area (Å²) in [4.78, 5) is 40.6. The molecule has 4 heterocycles. The Balaban J connectivity index is 1.22. The first-order chi connectivity index (χ1) is 17.5. The number of nitrogens with zero attached hydrogens (tertiary/aromatic N) is 2. The molecule has 3 aliphatic heterocycles. The number of carbonyl (C=O) groups is 2. The first kappa shape index (κ1) is 22.2. The average molecular weight is 488 g/mol. The average Bonchev–Trinajstić information content (AvgIpc) is 3.37. The maximum absolute atomic E-state index is 13.1. The van der Waals surface area contributed by atoms with Crippen LogP contribution in [0.15, 0.2) is 65.5 Å². The van der Waals surface area contributed by atoms with Gasteiger partial charge in [0.05, 0.1) is 5.69 Å². The molecule has 1 saturated heterocycles. The van der Waals surface area contributed by atoms with Crippen molar-refractivity contribution in [3.8, 4) is 17.2 Å². The van der Waals surface area contributed by atoms with Crippen molar-refractivity contribution in [1.29, 1.82) is 0 Å². The molecule has 2 aromatic carbocycles. The number of nitrogens with one attached hydrogen (secondary N) is 1. The third kappa shape index (κ3) is 4.17. The lowest BCUT2D eigenvalue weighted by Gasteiger charge is -2.43. The fourth-order valence-corrected chi connectivity index (χ4v) is 5.31. The van der Waals surface area contributed by atoms with Crippen molar-refractivity contribution in [2.45, 2.75) is 18.9 Å². The minimum absolute atomic E-state index is 0.0429. The van der Waals surface area contributed by atoms with Crippen molar-refractivity contribution < 1.29 is 23.8 Å². The van der Waals surface area contributed by atoms with Gasteiger partial charge in [0.1, 0.15) is 5.75 Å². The number of pyridine rings is 1. The fraction of sp³-hybridized carbons (Fsp3) is 0.296. The van der Waals surface area contributed by atoms with Gasteiger partial charge in [0.15, 0.2) is 18.1 Å². The Bertz CT molecular complexity index is 1390. The number of aromatic nitrogens is 1. The number of benzene rings is 2. The van der Waals surface area contributed by atoms with E-state index in [2.05, 4.69) is 5.32 Å². The van der Waals surface area contributed by atoms with Crippen LogP contribution >= 0.6 is 0 Å². The number of anilines is 1. The van der Waals surface area contributed by atoms with Crippen molar-refractivity contribution in [3.63, 3.8) is 0 Å². The maximum atomic E-state index is 13.1. The molecule has 2 amide bonds. The van der Waals surface area contributed by atoms with Gasteiger partial charge in [-0.15, -0.1) is 0 Å². The van der Waals surface area contributed by atoms with Crippen LogP contribution in [0.3, 0.4) is 0 Å². The highest BCUT2D eigenvalue weighted by molar-refractivity contribution is 6.05. The molecule has 9 nitrogen and oxygen atoms in total. The van der Waals surface area contributed by atoms with Gasteiger partial charge in [-0.2, -0.15) is 0 Å². The summed E-state index contributed by atoms with van der Waals surface area (Å²) in [6.45, 7) is 1.63. The quantitative estimate of drug-likeness (QED) is 0.594. The van der Waals surface area contributed by atoms with E-state index in [0.717, 1.165) is 12.1 Å². The van der Waals surface area contributed by atoms with Gasteiger partial charge < -0.3 is 29.0 Å². The molecule has 0 aliphatic carbocycles. The van der Waals surface area contributed by atoms with Crippen LogP contribution in [-0.2, 0) is 11.3 Å². The smallest absolute Gasteiger partial charge is 0.260 e. The van der Waals surface area contributed by atoms with E-state index in [9.17, 15) is 14.4 Å². The lowest BCUT2D eigenvalue weighted by molar-refractivity contribution is -0.136. The van der Waals surface area contributed by atoms with Gasteiger partial charge in [0.2, 0.25) is 6.79 Å².